The third kappa shape index (κ3) is 3.60. The first kappa shape index (κ1) is 27.9. The van der Waals surface area contributed by atoms with E-state index in [1.165, 1.54) is 0 Å². The van der Waals surface area contributed by atoms with Crippen molar-refractivity contribution in [1.82, 2.24) is 0 Å². The molecule has 0 saturated heterocycles. The van der Waals surface area contributed by atoms with Gasteiger partial charge in [0.1, 0.15) is 23.0 Å². The minimum absolute atomic E-state index is 0.0570. The SMILES string of the molecule is O=C1C2=C(C(=O)C(C3c4ccccc4Oc4ccccc43)C1C1c3ccccc3Oc3ccccc31)C1c3ccccc3C2c2ccccc21. The second-order valence-corrected chi connectivity index (χ2v) is 14.0. The number of hydrogen-bond donors (Lipinski definition) is 0. The van der Waals surface area contributed by atoms with Crippen LogP contribution < -0.4 is 9.47 Å². The van der Waals surface area contributed by atoms with E-state index < -0.39 is 23.7 Å². The van der Waals surface area contributed by atoms with Gasteiger partial charge >= 0.3 is 0 Å². The zero-order valence-corrected chi connectivity index (χ0v) is 27.0. The Balaban J connectivity index is 1.23. The molecule has 6 aliphatic rings. The third-order valence-corrected chi connectivity index (χ3v) is 11.8. The van der Waals surface area contributed by atoms with E-state index in [0.717, 1.165) is 67.5 Å². The number of ketones is 2. The largest absolute Gasteiger partial charge is 0.457 e. The number of Topliss-reactive ketones (excluding diaryl/α,β-unsaturated/α-hetero) is 2. The summed E-state index contributed by atoms with van der Waals surface area (Å²) < 4.78 is 12.9. The Kier molecular flexibility index (Phi) is 5.72. The molecule has 0 saturated carbocycles. The molecule has 4 nitrogen and oxygen atoms in total. The molecule has 0 radical (unpaired) electrons. The molecule has 0 N–H and O–H groups in total. The van der Waals surface area contributed by atoms with Crippen molar-refractivity contribution in [3.05, 3.63) is 201 Å². The molecule has 0 aromatic heterocycles. The van der Waals surface area contributed by atoms with Crippen molar-refractivity contribution in [1.29, 1.82) is 0 Å². The number of carbonyl (C=O) groups excluding carboxylic acids is 2. The number of benzene rings is 6. The third-order valence-electron chi connectivity index (χ3n) is 11.8. The van der Waals surface area contributed by atoms with E-state index in [1.807, 2.05) is 72.8 Å². The van der Waals surface area contributed by atoms with Gasteiger partial charge in [0.2, 0.25) is 0 Å². The summed E-state index contributed by atoms with van der Waals surface area (Å²) in [6, 6.07) is 48.9. The second-order valence-electron chi connectivity index (χ2n) is 14.0. The van der Waals surface area contributed by atoms with Crippen LogP contribution >= 0.6 is 0 Å². The van der Waals surface area contributed by atoms with Crippen molar-refractivity contribution in [3.8, 4) is 23.0 Å². The van der Waals surface area contributed by atoms with Gasteiger partial charge in [0.15, 0.2) is 11.6 Å². The Labute approximate surface area is 289 Å². The van der Waals surface area contributed by atoms with Gasteiger partial charge in [-0.25, -0.2) is 0 Å². The van der Waals surface area contributed by atoms with Gasteiger partial charge in [0.05, 0.1) is 0 Å². The Hall–Kier alpha value is -6.00. The zero-order chi connectivity index (χ0) is 33.1. The van der Waals surface area contributed by atoms with E-state index in [1.54, 1.807) is 0 Å². The summed E-state index contributed by atoms with van der Waals surface area (Å²) in [5.74, 6) is 0.205. The van der Waals surface area contributed by atoms with Crippen molar-refractivity contribution in [3.63, 3.8) is 0 Å². The fourth-order valence-electron chi connectivity index (χ4n) is 9.96. The molecule has 2 atom stereocenters. The molecule has 4 aliphatic carbocycles. The van der Waals surface area contributed by atoms with Gasteiger partial charge in [-0.05, 0) is 46.5 Å². The van der Waals surface area contributed by atoms with Gasteiger partial charge < -0.3 is 9.47 Å². The van der Waals surface area contributed by atoms with Crippen molar-refractivity contribution in [2.45, 2.75) is 23.7 Å². The van der Waals surface area contributed by atoms with Crippen molar-refractivity contribution in [2.24, 2.45) is 11.8 Å². The lowest BCUT2D eigenvalue weighted by Crippen LogP contribution is -2.49. The summed E-state index contributed by atoms with van der Waals surface area (Å²) >= 11 is 0. The molecule has 50 heavy (non-hydrogen) atoms. The van der Waals surface area contributed by atoms with Crippen LogP contribution in [-0.4, -0.2) is 11.6 Å². The van der Waals surface area contributed by atoms with Crippen LogP contribution in [-0.2, 0) is 9.59 Å². The Morgan fingerprint density at radius 2 is 0.560 bits per heavy atom. The molecule has 0 spiro atoms. The highest BCUT2D eigenvalue weighted by molar-refractivity contribution is 6.18. The van der Waals surface area contributed by atoms with E-state index in [9.17, 15) is 0 Å². The summed E-state index contributed by atoms with van der Waals surface area (Å²) in [4.78, 5) is 32.1. The fourth-order valence-corrected chi connectivity index (χ4v) is 9.96. The Morgan fingerprint density at radius 3 is 0.840 bits per heavy atom. The minimum atomic E-state index is -0.699. The van der Waals surface area contributed by atoms with E-state index in [2.05, 4.69) is 72.8 Å². The summed E-state index contributed by atoms with van der Waals surface area (Å²) in [6.07, 6.45) is 0. The highest BCUT2D eigenvalue weighted by atomic mass is 16.5. The van der Waals surface area contributed by atoms with Crippen molar-refractivity contribution in [2.75, 3.05) is 0 Å². The first-order valence-corrected chi connectivity index (χ1v) is 17.4. The Bertz CT molecular complexity index is 2180. The number of fused-ring (bicyclic) bond motifs is 4. The lowest BCUT2D eigenvalue weighted by molar-refractivity contribution is -0.132. The van der Waals surface area contributed by atoms with Crippen LogP contribution in [0.1, 0.15) is 68.2 Å². The lowest BCUT2D eigenvalue weighted by Gasteiger charge is -2.50. The van der Waals surface area contributed by atoms with Crippen molar-refractivity contribution < 1.29 is 19.1 Å². The predicted octanol–water partition coefficient (Wildman–Crippen LogP) is 9.83. The maximum atomic E-state index is 16.0. The highest BCUT2D eigenvalue weighted by Crippen LogP contribution is 2.64. The molecule has 12 rings (SSSR count). The summed E-state index contributed by atoms with van der Waals surface area (Å²) in [6.45, 7) is 0. The quantitative estimate of drug-likeness (QED) is 0.188. The molecule has 4 heteroatoms. The Morgan fingerprint density at radius 1 is 0.320 bits per heavy atom. The molecule has 0 fully saturated rings. The summed E-state index contributed by atoms with van der Waals surface area (Å²) in [7, 11) is 0. The monoisotopic (exact) mass is 646 g/mol. The van der Waals surface area contributed by atoms with Gasteiger partial charge in [-0.1, -0.05) is 121 Å². The fraction of sp³-hybridized carbons (Fsp3) is 0.130. The highest BCUT2D eigenvalue weighted by Gasteiger charge is 2.59. The van der Waals surface area contributed by atoms with Crippen LogP contribution in [0.15, 0.2) is 157 Å². The van der Waals surface area contributed by atoms with Crippen LogP contribution in [0.2, 0.25) is 0 Å². The second kappa shape index (κ2) is 10.3. The molecular formula is C46H30O4. The molecule has 238 valence electrons. The van der Waals surface area contributed by atoms with Crippen LogP contribution in [0.5, 0.6) is 23.0 Å². The van der Waals surface area contributed by atoms with Gasteiger partial charge in [0, 0.05) is 68.9 Å². The van der Waals surface area contributed by atoms with Gasteiger partial charge in [-0.2, -0.15) is 0 Å². The topological polar surface area (TPSA) is 52.6 Å². The molecule has 2 heterocycles. The summed E-state index contributed by atoms with van der Waals surface area (Å²) in [5, 5.41) is 0. The smallest absolute Gasteiger partial charge is 0.165 e. The maximum absolute atomic E-state index is 16.0. The average Bonchev–Trinajstić information content (AvgIpc) is 3.17. The number of rotatable bonds is 2. The molecule has 2 aliphatic heterocycles. The first-order valence-electron chi connectivity index (χ1n) is 17.4. The van der Waals surface area contributed by atoms with E-state index in [-0.39, 0.29) is 23.4 Å². The van der Waals surface area contributed by atoms with Crippen molar-refractivity contribution >= 4 is 11.6 Å². The van der Waals surface area contributed by atoms with Crippen LogP contribution in [0, 0.1) is 11.8 Å². The van der Waals surface area contributed by atoms with Gasteiger partial charge in [0.25, 0.3) is 0 Å². The number of para-hydroxylation sites is 4. The number of hydrogen-bond acceptors (Lipinski definition) is 4. The minimum Gasteiger partial charge on any atom is -0.457 e. The van der Waals surface area contributed by atoms with Gasteiger partial charge in [-0.3, -0.25) is 9.59 Å². The predicted molar refractivity (Wildman–Crippen MR) is 190 cm³/mol. The standard InChI is InChI=1S/C46H30O4/c47-45-41-37-25-13-1-2-14-26(25)38(28-16-4-3-15-27(28)37)42(41)46(48)44(40-31-19-7-11-23-35(31)50-36-24-12-8-20-32(36)40)43(45)39-29-17-5-9-21-33(29)49-34-22-10-6-18-30(34)39/h1-24,37-40,43-44H. The molecular weight excluding hydrogens is 617 g/mol. The van der Waals surface area contributed by atoms with Gasteiger partial charge in [-0.15, -0.1) is 0 Å². The average molecular weight is 647 g/mol. The lowest BCUT2D eigenvalue weighted by atomic mass is 9.51. The molecule has 6 aromatic rings. The van der Waals surface area contributed by atoms with E-state index >= 15 is 9.59 Å². The number of ether oxygens (including phenoxy) is 2. The van der Waals surface area contributed by atoms with E-state index in [4.69, 9.17) is 9.47 Å². The molecule has 2 bridgehead atoms. The molecule has 0 amide bonds. The number of carbonyl (C=O) groups is 2. The van der Waals surface area contributed by atoms with E-state index in [0.29, 0.717) is 11.1 Å². The summed E-state index contributed by atoms with van der Waals surface area (Å²) in [5.41, 5.74) is 9.59. The van der Waals surface area contributed by atoms with Crippen LogP contribution in [0.4, 0.5) is 0 Å². The van der Waals surface area contributed by atoms with Crippen LogP contribution in [0.3, 0.4) is 0 Å². The number of allylic oxidation sites excluding steroid dienone is 2. The molecule has 6 aromatic carbocycles. The van der Waals surface area contributed by atoms with Crippen LogP contribution in [0.25, 0.3) is 0 Å². The molecule has 2 unspecified atom stereocenters. The first-order chi connectivity index (χ1) is 24.7. The maximum Gasteiger partial charge on any atom is 0.165 e. The zero-order valence-electron chi connectivity index (χ0n) is 27.0. The normalized spacial score (nSPS) is 22.6.